The van der Waals surface area contributed by atoms with Crippen LogP contribution in [0.5, 0.6) is 0 Å². The molecule has 1 aromatic rings. The average molecular weight is 297 g/mol. The maximum Gasteiger partial charge on any atom is 0.322 e. The lowest BCUT2D eigenvalue weighted by Gasteiger charge is -2.14. The van der Waals surface area contributed by atoms with Gasteiger partial charge in [-0.2, -0.15) is 0 Å². The molecule has 0 aliphatic carbocycles. The van der Waals surface area contributed by atoms with E-state index in [9.17, 15) is 13.2 Å². The summed E-state index contributed by atoms with van der Waals surface area (Å²) in [5, 5.41) is 9.13. The highest BCUT2D eigenvalue weighted by atomic mass is 32.2. The Morgan fingerprint density at radius 3 is 2.55 bits per heavy atom. The van der Waals surface area contributed by atoms with Gasteiger partial charge in [-0.1, -0.05) is 36.4 Å². The number of carbonyl (C=O) groups is 1. The van der Waals surface area contributed by atoms with Crippen molar-refractivity contribution in [3.8, 4) is 0 Å². The molecule has 1 rings (SSSR count). The maximum atomic E-state index is 11.8. The van der Waals surface area contributed by atoms with Gasteiger partial charge in [0, 0.05) is 0 Å². The van der Waals surface area contributed by atoms with Crippen LogP contribution in [0.3, 0.4) is 0 Å². The van der Waals surface area contributed by atoms with E-state index in [1.54, 1.807) is 30.3 Å². The molecule has 0 fully saturated rings. The highest BCUT2D eigenvalue weighted by Crippen LogP contribution is 2.05. The topological polar surface area (TPSA) is 83.5 Å². The third kappa shape index (κ3) is 5.99. The molecule has 0 aliphatic rings. The van der Waals surface area contributed by atoms with Crippen LogP contribution in [0.25, 0.3) is 0 Å². The maximum absolute atomic E-state index is 11.8. The van der Waals surface area contributed by atoms with Gasteiger partial charge in [0.15, 0.2) is 0 Å². The zero-order valence-corrected chi connectivity index (χ0v) is 12.0. The minimum atomic E-state index is -3.60. The van der Waals surface area contributed by atoms with Gasteiger partial charge in [0.05, 0.1) is 5.75 Å². The first-order valence-electron chi connectivity index (χ1n) is 6.32. The lowest BCUT2D eigenvalue weighted by molar-refractivity contribution is -0.138. The molecule has 0 aliphatic heterocycles. The van der Waals surface area contributed by atoms with Crippen molar-refractivity contribution in [3.63, 3.8) is 0 Å². The lowest BCUT2D eigenvalue weighted by Crippen LogP contribution is -2.43. The highest BCUT2D eigenvalue weighted by molar-refractivity contribution is 7.89. The number of allylic oxidation sites excluding steroid dienone is 1. The summed E-state index contributed by atoms with van der Waals surface area (Å²) < 4.78 is 25.8. The molecule has 0 saturated heterocycles. The van der Waals surface area contributed by atoms with Crippen LogP contribution in [0, 0.1) is 0 Å². The monoisotopic (exact) mass is 297 g/mol. The number of rotatable bonds is 9. The van der Waals surface area contributed by atoms with E-state index in [2.05, 4.69) is 11.3 Å². The number of carboxylic acids is 1. The molecule has 0 heterocycles. The van der Waals surface area contributed by atoms with Crippen molar-refractivity contribution in [2.45, 2.75) is 25.3 Å². The quantitative estimate of drug-likeness (QED) is 0.535. The SMILES string of the molecule is C=CCCCS(=O)(=O)N[C@H](Cc1ccccc1)C(=O)O. The van der Waals surface area contributed by atoms with Crippen molar-refractivity contribution in [1.29, 1.82) is 0 Å². The lowest BCUT2D eigenvalue weighted by atomic mass is 10.1. The summed E-state index contributed by atoms with van der Waals surface area (Å²) in [5.74, 6) is -1.28. The van der Waals surface area contributed by atoms with Gasteiger partial charge in [0.2, 0.25) is 10.0 Å². The van der Waals surface area contributed by atoms with Crippen molar-refractivity contribution in [3.05, 3.63) is 48.6 Å². The summed E-state index contributed by atoms with van der Waals surface area (Å²) in [7, 11) is -3.60. The summed E-state index contributed by atoms with van der Waals surface area (Å²) >= 11 is 0. The summed E-state index contributed by atoms with van der Waals surface area (Å²) in [6, 6.07) is 7.77. The van der Waals surface area contributed by atoms with Gasteiger partial charge in [-0.3, -0.25) is 4.79 Å². The van der Waals surface area contributed by atoms with Crippen molar-refractivity contribution in [1.82, 2.24) is 4.72 Å². The van der Waals surface area contributed by atoms with E-state index in [1.807, 2.05) is 6.07 Å². The standard InChI is InChI=1S/C14H19NO4S/c1-2-3-7-10-20(18,19)15-13(14(16)17)11-12-8-5-4-6-9-12/h2,4-6,8-9,13,15H,1,3,7,10-11H2,(H,16,17)/t13-/m1/s1. The molecule has 0 saturated carbocycles. The first-order chi connectivity index (χ1) is 9.44. The molecule has 1 atom stereocenters. The summed E-state index contributed by atoms with van der Waals surface area (Å²) in [4.78, 5) is 11.2. The van der Waals surface area contributed by atoms with Crippen molar-refractivity contribution < 1.29 is 18.3 Å². The van der Waals surface area contributed by atoms with E-state index in [0.29, 0.717) is 12.8 Å². The first kappa shape index (κ1) is 16.4. The number of benzene rings is 1. The number of unbranched alkanes of at least 4 members (excludes halogenated alkanes) is 1. The third-order valence-electron chi connectivity index (χ3n) is 2.72. The van der Waals surface area contributed by atoms with Gasteiger partial charge >= 0.3 is 5.97 Å². The van der Waals surface area contributed by atoms with E-state index in [0.717, 1.165) is 5.56 Å². The van der Waals surface area contributed by atoms with Gasteiger partial charge in [-0.15, -0.1) is 6.58 Å². The fourth-order valence-electron chi connectivity index (χ4n) is 1.72. The van der Waals surface area contributed by atoms with Crippen LogP contribution in [0.15, 0.2) is 43.0 Å². The number of aliphatic carboxylic acids is 1. The third-order valence-corrected chi connectivity index (χ3v) is 4.19. The minimum absolute atomic E-state index is 0.0996. The molecule has 20 heavy (non-hydrogen) atoms. The predicted octanol–water partition coefficient (Wildman–Crippen LogP) is 1.57. The Labute approximate surface area is 119 Å². The smallest absolute Gasteiger partial charge is 0.322 e. The summed E-state index contributed by atoms with van der Waals surface area (Å²) in [6.45, 7) is 3.52. The van der Waals surface area contributed by atoms with Crippen LogP contribution in [0.1, 0.15) is 18.4 Å². The molecule has 0 amide bonds. The predicted molar refractivity (Wildman–Crippen MR) is 77.9 cm³/mol. The molecule has 0 spiro atoms. The number of nitrogens with one attached hydrogen (secondary N) is 1. The van der Waals surface area contributed by atoms with E-state index in [1.165, 1.54) is 0 Å². The molecule has 2 N–H and O–H groups in total. The second-order valence-corrected chi connectivity index (χ2v) is 6.32. The number of hydrogen-bond donors (Lipinski definition) is 2. The van der Waals surface area contributed by atoms with Crippen LogP contribution in [0.2, 0.25) is 0 Å². The Bertz CT molecular complexity index is 540. The molecule has 6 heteroatoms. The zero-order chi connectivity index (χ0) is 15.0. The zero-order valence-electron chi connectivity index (χ0n) is 11.2. The molecule has 110 valence electrons. The molecule has 1 aromatic carbocycles. The minimum Gasteiger partial charge on any atom is -0.480 e. The van der Waals surface area contributed by atoms with Crippen molar-refractivity contribution in [2.24, 2.45) is 0 Å². The largest absolute Gasteiger partial charge is 0.480 e. The van der Waals surface area contributed by atoms with Crippen LogP contribution in [0.4, 0.5) is 0 Å². The molecule has 0 radical (unpaired) electrons. The van der Waals surface area contributed by atoms with Crippen molar-refractivity contribution in [2.75, 3.05) is 5.75 Å². The number of hydrogen-bond acceptors (Lipinski definition) is 3. The second kappa shape index (κ2) is 7.81. The molecular weight excluding hydrogens is 278 g/mol. The van der Waals surface area contributed by atoms with Crippen LogP contribution in [-0.4, -0.2) is 31.3 Å². The summed E-state index contributed by atoms with van der Waals surface area (Å²) in [6.07, 6.45) is 2.76. The van der Waals surface area contributed by atoms with Gasteiger partial charge in [-0.05, 0) is 24.8 Å². The van der Waals surface area contributed by atoms with E-state index >= 15 is 0 Å². The molecular formula is C14H19NO4S. The Morgan fingerprint density at radius 2 is 2.00 bits per heavy atom. The van der Waals surface area contributed by atoms with Gasteiger partial charge < -0.3 is 5.11 Å². The molecule has 0 aromatic heterocycles. The molecule has 5 nitrogen and oxygen atoms in total. The van der Waals surface area contributed by atoms with Crippen molar-refractivity contribution >= 4 is 16.0 Å². The van der Waals surface area contributed by atoms with Crippen LogP contribution in [-0.2, 0) is 21.2 Å². The highest BCUT2D eigenvalue weighted by Gasteiger charge is 2.23. The normalized spacial score (nSPS) is 12.8. The Morgan fingerprint density at radius 1 is 1.35 bits per heavy atom. The summed E-state index contributed by atoms with van der Waals surface area (Å²) in [5.41, 5.74) is 0.772. The Balaban J connectivity index is 2.68. The van der Waals surface area contributed by atoms with Gasteiger partial charge in [0.25, 0.3) is 0 Å². The van der Waals surface area contributed by atoms with Gasteiger partial charge in [-0.25, -0.2) is 13.1 Å². The van der Waals surface area contributed by atoms with Gasteiger partial charge in [0.1, 0.15) is 6.04 Å². The van der Waals surface area contributed by atoms with Crippen LogP contribution >= 0.6 is 0 Å². The Hall–Kier alpha value is -1.66. The molecule has 0 bridgehead atoms. The molecule has 0 unspecified atom stereocenters. The second-order valence-electron chi connectivity index (χ2n) is 4.45. The van der Waals surface area contributed by atoms with Crippen LogP contribution < -0.4 is 4.72 Å². The fraction of sp³-hybridized carbons (Fsp3) is 0.357. The van der Waals surface area contributed by atoms with E-state index in [4.69, 9.17) is 5.11 Å². The number of carboxylic acid groups (broad SMARTS) is 1. The first-order valence-corrected chi connectivity index (χ1v) is 7.97. The Kier molecular flexibility index (Phi) is 6.41. The van der Waals surface area contributed by atoms with E-state index in [-0.39, 0.29) is 12.2 Å². The fourth-order valence-corrected chi connectivity index (χ4v) is 3.00. The number of sulfonamides is 1. The van der Waals surface area contributed by atoms with E-state index < -0.39 is 22.0 Å². The average Bonchev–Trinajstić information content (AvgIpc) is 2.39.